The molecule has 0 aromatic heterocycles. The Balaban J connectivity index is 3.21. The van der Waals surface area contributed by atoms with Crippen molar-refractivity contribution >= 4 is 16.7 Å². The highest BCUT2D eigenvalue weighted by Crippen LogP contribution is 2.34. The third-order valence-corrected chi connectivity index (χ3v) is 2.55. The molecule has 0 amide bonds. The average Bonchev–Trinajstić information content (AvgIpc) is 2.37. The van der Waals surface area contributed by atoms with Crippen LogP contribution in [0.15, 0.2) is 0 Å². The van der Waals surface area contributed by atoms with Crippen molar-refractivity contribution in [3.05, 3.63) is 46.3 Å². The van der Waals surface area contributed by atoms with Crippen molar-refractivity contribution in [1.82, 2.24) is 0 Å². The second-order valence-corrected chi connectivity index (χ2v) is 3.63. The fourth-order valence-electron chi connectivity index (χ4n) is 1.67. The standard InChI is InChI=1S/C11HF7O2/c12-4-1-2(5(13)8(16)3(4)11(19)20)7(15)10(18)9(17)6(1)14/h(H,19,20). The predicted octanol–water partition coefficient (Wildman–Crippen LogP) is 3.51. The first-order chi connectivity index (χ1) is 9.20. The molecular weight excluding hydrogens is 297 g/mol. The molecule has 0 aliphatic carbocycles. The van der Waals surface area contributed by atoms with Gasteiger partial charge in [-0.1, -0.05) is 0 Å². The van der Waals surface area contributed by atoms with Gasteiger partial charge in [-0.25, -0.2) is 35.5 Å². The fraction of sp³-hybridized carbons (Fsp3) is 0. The van der Waals surface area contributed by atoms with Crippen molar-refractivity contribution in [3.63, 3.8) is 0 Å². The first-order valence-electron chi connectivity index (χ1n) is 4.75. The Hall–Kier alpha value is -2.32. The Morgan fingerprint density at radius 3 is 1.35 bits per heavy atom. The number of carboxylic acids is 1. The Kier molecular flexibility index (Phi) is 3.07. The van der Waals surface area contributed by atoms with Gasteiger partial charge in [0, 0.05) is 0 Å². The van der Waals surface area contributed by atoms with Crippen LogP contribution in [0.3, 0.4) is 0 Å². The van der Waals surface area contributed by atoms with Crippen molar-refractivity contribution in [2.45, 2.75) is 0 Å². The number of hydrogen-bond donors (Lipinski definition) is 1. The lowest BCUT2D eigenvalue weighted by Crippen LogP contribution is -2.11. The molecule has 0 heterocycles. The smallest absolute Gasteiger partial charge is 0.341 e. The first-order valence-corrected chi connectivity index (χ1v) is 4.75. The SMILES string of the molecule is O=C(O)c1c(F)c(F)c2c(F)c(F)c(F)c(F)c2c1F. The van der Waals surface area contributed by atoms with E-state index in [1.165, 1.54) is 0 Å². The van der Waals surface area contributed by atoms with Crippen LogP contribution in [-0.2, 0) is 0 Å². The molecule has 20 heavy (non-hydrogen) atoms. The van der Waals surface area contributed by atoms with Gasteiger partial charge in [0.25, 0.3) is 0 Å². The molecule has 0 unspecified atom stereocenters. The van der Waals surface area contributed by atoms with Gasteiger partial charge in [0.15, 0.2) is 40.7 Å². The van der Waals surface area contributed by atoms with Crippen LogP contribution in [0.5, 0.6) is 0 Å². The van der Waals surface area contributed by atoms with Crippen LogP contribution >= 0.6 is 0 Å². The van der Waals surface area contributed by atoms with Crippen LogP contribution in [-0.4, -0.2) is 11.1 Å². The number of carbonyl (C=O) groups is 1. The van der Waals surface area contributed by atoms with Gasteiger partial charge in [-0.15, -0.1) is 0 Å². The zero-order valence-corrected chi connectivity index (χ0v) is 9.00. The summed E-state index contributed by atoms with van der Waals surface area (Å²) in [5.41, 5.74) is -1.95. The van der Waals surface area contributed by atoms with Gasteiger partial charge in [0.1, 0.15) is 5.56 Å². The van der Waals surface area contributed by atoms with E-state index in [-0.39, 0.29) is 0 Å². The average molecular weight is 298 g/mol. The van der Waals surface area contributed by atoms with E-state index in [1.54, 1.807) is 0 Å². The fourth-order valence-corrected chi connectivity index (χ4v) is 1.67. The number of carboxylic acid groups (broad SMARTS) is 1. The minimum absolute atomic E-state index is 1.82. The normalized spacial score (nSPS) is 11.2. The lowest BCUT2D eigenvalue weighted by Gasteiger charge is -2.10. The molecule has 1 N–H and O–H groups in total. The van der Waals surface area contributed by atoms with E-state index < -0.39 is 63.0 Å². The molecule has 2 aromatic rings. The number of benzene rings is 2. The van der Waals surface area contributed by atoms with Crippen molar-refractivity contribution in [2.75, 3.05) is 0 Å². The number of rotatable bonds is 1. The largest absolute Gasteiger partial charge is 0.477 e. The van der Waals surface area contributed by atoms with Crippen LogP contribution in [0.4, 0.5) is 30.7 Å². The summed E-state index contributed by atoms with van der Waals surface area (Å²) in [7, 11) is 0. The molecule has 0 fully saturated rings. The number of halogens is 7. The molecule has 0 saturated carbocycles. The summed E-state index contributed by atoms with van der Waals surface area (Å²) in [4.78, 5) is 10.6. The summed E-state index contributed by atoms with van der Waals surface area (Å²) in [6, 6.07) is 0. The van der Waals surface area contributed by atoms with Crippen LogP contribution in [0.1, 0.15) is 10.4 Å². The quantitative estimate of drug-likeness (QED) is 0.497. The second-order valence-electron chi connectivity index (χ2n) is 3.63. The molecule has 2 aromatic carbocycles. The molecule has 2 rings (SSSR count). The lowest BCUT2D eigenvalue weighted by molar-refractivity contribution is 0.0685. The van der Waals surface area contributed by atoms with Gasteiger partial charge in [0.05, 0.1) is 10.8 Å². The summed E-state index contributed by atoms with van der Waals surface area (Å²) < 4.78 is 92.9. The maximum absolute atomic E-state index is 13.6. The number of aromatic carboxylic acids is 1. The van der Waals surface area contributed by atoms with Crippen LogP contribution in [0.2, 0.25) is 0 Å². The minimum Gasteiger partial charge on any atom is -0.477 e. The molecule has 0 bridgehead atoms. The maximum atomic E-state index is 13.6. The maximum Gasteiger partial charge on any atom is 0.341 e. The highest BCUT2D eigenvalue weighted by atomic mass is 19.2. The zero-order chi connectivity index (χ0) is 15.4. The Bertz CT molecular complexity index is 770. The van der Waals surface area contributed by atoms with Gasteiger partial charge in [-0.05, 0) is 0 Å². The van der Waals surface area contributed by atoms with Gasteiger partial charge in [-0.3, -0.25) is 0 Å². The van der Waals surface area contributed by atoms with Crippen molar-refractivity contribution in [3.8, 4) is 0 Å². The third-order valence-electron chi connectivity index (χ3n) is 2.55. The first kappa shape index (κ1) is 14.1. The molecule has 0 saturated heterocycles. The minimum atomic E-state index is -2.48. The van der Waals surface area contributed by atoms with Gasteiger partial charge < -0.3 is 5.11 Å². The van der Waals surface area contributed by atoms with E-state index in [1.807, 2.05) is 0 Å². The topological polar surface area (TPSA) is 37.3 Å². The Morgan fingerprint density at radius 1 is 0.600 bits per heavy atom. The van der Waals surface area contributed by atoms with Crippen molar-refractivity contribution in [2.24, 2.45) is 0 Å². The van der Waals surface area contributed by atoms with E-state index in [0.29, 0.717) is 0 Å². The molecule has 0 spiro atoms. The molecule has 9 heteroatoms. The van der Waals surface area contributed by atoms with Crippen molar-refractivity contribution < 1.29 is 40.6 Å². The molecule has 0 radical (unpaired) electrons. The van der Waals surface area contributed by atoms with E-state index in [2.05, 4.69) is 0 Å². The molecule has 2 nitrogen and oxygen atoms in total. The molecule has 0 aliphatic rings. The van der Waals surface area contributed by atoms with E-state index >= 15 is 0 Å². The van der Waals surface area contributed by atoms with Gasteiger partial charge in [0.2, 0.25) is 0 Å². The summed E-state index contributed by atoms with van der Waals surface area (Å²) in [6.45, 7) is 0. The lowest BCUT2D eigenvalue weighted by atomic mass is 10.0. The summed E-state index contributed by atoms with van der Waals surface area (Å²) in [6.07, 6.45) is 0. The zero-order valence-electron chi connectivity index (χ0n) is 9.00. The van der Waals surface area contributed by atoms with E-state index in [9.17, 15) is 35.5 Å². The molecular formula is C11HF7O2. The highest BCUT2D eigenvalue weighted by molar-refractivity contribution is 5.96. The van der Waals surface area contributed by atoms with E-state index in [4.69, 9.17) is 5.11 Å². The molecule has 106 valence electrons. The van der Waals surface area contributed by atoms with Crippen LogP contribution < -0.4 is 0 Å². The highest BCUT2D eigenvalue weighted by Gasteiger charge is 2.32. The van der Waals surface area contributed by atoms with E-state index in [0.717, 1.165) is 0 Å². The summed E-state index contributed by atoms with van der Waals surface area (Å²) >= 11 is 0. The van der Waals surface area contributed by atoms with Crippen LogP contribution in [0.25, 0.3) is 10.8 Å². The second kappa shape index (κ2) is 4.36. The summed E-state index contributed by atoms with van der Waals surface area (Å²) in [5, 5.41) is 4.82. The monoisotopic (exact) mass is 298 g/mol. The molecule has 0 aliphatic heterocycles. The van der Waals surface area contributed by atoms with Gasteiger partial charge >= 0.3 is 5.97 Å². The third kappa shape index (κ3) is 1.62. The summed E-state index contributed by atoms with van der Waals surface area (Å²) in [5.74, 6) is -19.0. The Morgan fingerprint density at radius 2 is 0.950 bits per heavy atom. The number of fused-ring (bicyclic) bond motifs is 1. The van der Waals surface area contributed by atoms with Crippen molar-refractivity contribution in [1.29, 1.82) is 0 Å². The van der Waals surface area contributed by atoms with Gasteiger partial charge in [-0.2, -0.15) is 0 Å². The predicted molar refractivity (Wildman–Crippen MR) is 50.6 cm³/mol. The Labute approximate surface area is 105 Å². The number of hydrogen-bond acceptors (Lipinski definition) is 1. The molecule has 0 atom stereocenters. The van der Waals surface area contributed by atoms with Crippen LogP contribution in [0, 0.1) is 40.7 Å².